The fourth-order valence-electron chi connectivity index (χ4n) is 2.80. The van der Waals surface area contributed by atoms with Crippen molar-refractivity contribution >= 4 is 5.91 Å². The van der Waals surface area contributed by atoms with Crippen molar-refractivity contribution in [1.82, 2.24) is 5.32 Å². The average Bonchev–Trinajstić information content (AvgIpc) is 2.66. The number of hydrogen-bond donors (Lipinski definition) is 1. The van der Waals surface area contributed by atoms with Crippen LogP contribution in [0.4, 0.5) is 4.39 Å². The second-order valence-corrected chi connectivity index (χ2v) is 6.56. The largest absolute Gasteiger partial charge is 0.489 e. The maximum Gasteiger partial charge on any atom is 0.251 e. The lowest BCUT2D eigenvalue weighted by atomic mass is 10.1. The summed E-state index contributed by atoms with van der Waals surface area (Å²) in [5.74, 6) is 0.388. The van der Waals surface area contributed by atoms with Gasteiger partial charge in [-0.25, -0.2) is 4.39 Å². The average molecular weight is 363 g/mol. The highest BCUT2D eigenvalue weighted by molar-refractivity contribution is 5.95. The molecule has 0 bridgehead atoms. The van der Waals surface area contributed by atoms with E-state index in [4.69, 9.17) is 4.74 Å². The lowest BCUT2D eigenvalue weighted by Crippen LogP contribution is -2.23. The minimum absolute atomic E-state index is 0.0795. The number of halogens is 1. The van der Waals surface area contributed by atoms with Crippen molar-refractivity contribution in [3.05, 3.63) is 100 Å². The fraction of sp³-hybridized carbons (Fsp3) is 0.174. The van der Waals surface area contributed by atoms with Gasteiger partial charge in [0.25, 0.3) is 5.91 Å². The molecule has 4 heteroatoms. The molecule has 0 aliphatic rings. The molecule has 3 rings (SSSR count). The Hall–Kier alpha value is -3.14. The standard InChI is InChI=1S/C23H22FNO2/c1-16-3-12-22(17(2)13-16)23(26)25-14-18-6-10-21(11-7-18)27-15-19-4-8-20(24)9-5-19/h3-13H,14-15H2,1-2H3,(H,25,26). The molecular formula is C23H22FNO2. The second kappa shape index (κ2) is 8.49. The zero-order valence-electron chi connectivity index (χ0n) is 15.5. The van der Waals surface area contributed by atoms with Crippen LogP contribution in [-0.2, 0) is 13.2 Å². The second-order valence-electron chi connectivity index (χ2n) is 6.56. The van der Waals surface area contributed by atoms with E-state index in [-0.39, 0.29) is 11.7 Å². The Labute approximate surface area is 158 Å². The lowest BCUT2D eigenvalue weighted by Gasteiger charge is -2.10. The van der Waals surface area contributed by atoms with Crippen molar-refractivity contribution in [2.24, 2.45) is 0 Å². The van der Waals surface area contributed by atoms with E-state index in [0.717, 1.165) is 28.0 Å². The molecule has 3 aromatic carbocycles. The topological polar surface area (TPSA) is 38.3 Å². The summed E-state index contributed by atoms with van der Waals surface area (Å²) >= 11 is 0. The molecule has 0 aliphatic carbocycles. The first-order valence-electron chi connectivity index (χ1n) is 8.83. The van der Waals surface area contributed by atoms with E-state index < -0.39 is 0 Å². The number of carbonyl (C=O) groups is 1. The van der Waals surface area contributed by atoms with Crippen LogP contribution in [0.15, 0.2) is 66.7 Å². The summed E-state index contributed by atoms with van der Waals surface area (Å²) in [5, 5.41) is 2.94. The van der Waals surface area contributed by atoms with E-state index in [2.05, 4.69) is 5.32 Å². The third-order valence-corrected chi connectivity index (χ3v) is 4.32. The van der Waals surface area contributed by atoms with Crippen LogP contribution in [0.2, 0.25) is 0 Å². The first-order chi connectivity index (χ1) is 13.0. The summed E-state index contributed by atoms with van der Waals surface area (Å²) in [6, 6.07) is 19.6. The molecule has 0 radical (unpaired) electrons. The van der Waals surface area contributed by atoms with E-state index >= 15 is 0 Å². The molecular weight excluding hydrogens is 341 g/mol. The molecule has 0 unspecified atom stereocenters. The molecule has 138 valence electrons. The first kappa shape index (κ1) is 18.6. The van der Waals surface area contributed by atoms with Gasteiger partial charge in [0, 0.05) is 12.1 Å². The van der Waals surface area contributed by atoms with Crippen molar-refractivity contribution < 1.29 is 13.9 Å². The van der Waals surface area contributed by atoms with Crippen LogP contribution in [0.3, 0.4) is 0 Å². The smallest absolute Gasteiger partial charge is 0.251 e. The summed E-state index contributed by atoms with van der Waals surface area (Å²) in [6.45, 7) is 4.77. The fourth-order valence-corrected chi connectivity index (χ4v) is 2.80. The van der Waals surface area contributed by atoms with Crippen molar-refractivity contribution in [3.63, 3.8) is 0 Å². The van der Waals surface area contributed by atoms with Gasteiger partial charge in [0.15, 0.2) is 0 Å². The molecule has 0 heterocycles. The van der Waals surface area contributed by atoms with E-state index in [1.807, 2.05) is 56.3 Å². The predicted octanol–water partition coefficient (Wildman–Crippen LogP) is 4.95. The van der Waals surface area contributed by atoms with Gasteiger partial charge >= 0.3 is 0 Å². The maximum absolute atomic E-state index is 12.9. The highest BCUT2D eigenvalue weighted by Gasteiger charge is 2.08. The number of ether oxygens (including phenoxy) is 1. The highest BCUT2D eigenvalue weighted by Crippen LogP contribution is 2.15. The Morgan fingerprint density at radius 3 is 2.26 bits per heavy atom. The third kappa shape index (κ3) is 5.17. The normalized spacial score (nSPS) is 10.5. The molecule has 0 atom stereocenters. The number of carbonyl (C=O) groups excluding carboxylic acids is 1. The molecule has 1 amide bonds. The number of hydrogen-bond acceptors (Lipinski definition) is 2. The molecule has 0 saturated carbocycles. The van der Waals surface area contributed by atoms with Crippen molar-refractivity contribution in [3.8, 4) is 5.75 Å². The van der Waals surface area contributed by atoms with Crippen LogP contribution in [0.5, 0.6) is 5.75 Å². The summed E-state index contributed by atoms with van der Waals surface area (Å²) in [6.07, 6.45) is 0. The van der Waals surface area contributed by atoms with Gasteiger partial charge in [-0.05, 0) is 60.9 Å². The summed E-state index contributed by atoms with van der Waals surface area (Å²) in [4.78, 5) is 12.3. The Kier molecular flexibility index (Phi) is 5.87. The zero-order chi connectivity index (χ0) is 19.2. The SMILES string of the molecule is Cc1ccc(C(=O)NCc2ccc(OCc3ccc(F)cc3)cc2)c(C)c1. The van der Waals surface area contributed by atoms with Crippen molar-refractivity contribution in [2.75, 3.05) is 0 Å². The van der Waals surface area contributed by atoms with Crippen LogP contribution in [0, 0.1) is 19.7 Å². The van der Waals surface area contributed by atoms with Crippen LogP contribution in [-0.4, -0.2) is 5.91 Å². The van der Waals surface area contributed by atoms with Gasteiger partial charge in [0.2, 0.25) is 0 Å². The van der Waals surface area contributed by atoms with Gasteiger partial charge in [-0.3, -0.25) is 4.79 Å². The molecule has 0 aromatic heterocycles. The maximum atomic E-state index is 12.9. The molecule has 0 aliphatic heterocycles. The minimum atomic E-state index is -0.258. The van der Waals surface area contributed by atoms with E-state index in [0.29, 0.717) is 18.7 Å². The number of aryl methyl sites for hydroxylation is 2. The van der Waals surface area contributed by atoms with Gasteiger partial charge in [0.1, 0.15) is 18.2 Å². The van der Waals surface area contributed by atoms with E-state index in [1.165, 1.54) is 12.1 Å². The summed E-state index contributed by atoms with van der Waals surface area (Å²) in [7, 11) is 0. The Morgan fingerprint density at radius 2 is 1.59 bits per heavy atom. The monoisotopic (exact) mass is 363 g/mol. The van der Waals surface area contributed by atoms with Crippen LogP contribution in [0.1, 0.15) is 32.6 Å². The van der Waals surface area contributed by atoms with Crippen LogP contribution >= 0.6 is 0 Å². The van der Waals surface area contributed by atoms with Gasteiger partial charge in [-0.2, -0.15) is 0 Å². The van der Waals surface area contributed by atoms with Gasteiger partial charge in [-0.15, -0.1) is 0 Å². The number of nitrogens with one attached hydrogen (secondary N) is 1. The number of amides is 1. The Bertz CT molecular complexity index is 918. The third-order valence-electron chi connectivity index (χ3n) is 4.32. The minimum Gasteiger partial charge on any atom is -0.489 e. The van der Waals surface area contributed by atoms with Gasteiger partial charge < -0.3 is 10.1 Å². The molecule has 0 saturated heterocycles. The van der Waals surface area contributed by atoms with Gasteiger partial charge in [0.05, 0.1) is 0 Å². The summed E-state index contributed by atoms with van der Waals surface area (Å²) in [5.41, 5.74) is 4.70. The molecule has 27 heavy (non-hydrogen) atoms. The highest BCUT2D eigenvalue weighted by atomic mass is 19.1. The lowest BCUT2D eigenvalue weighted by molar-refractivity contribution is 0.0950. The van der Waals surface area contributed by atoms with E-state index in [9.17, 15) is 9.18 Å². The van der Waals surface area contributed by atoms with Crippen LogP contribution < -0.4 is 10.1 Å². The molecule has 0 fully saturated rings. The van der Waals surface area contributed by atoms with Crippen LogP contribution in [0.25, 0.3) is 0 Å². The molecule has 0 spiro atoms. The van der Waals surface area contributed by atoms with Crippen molar-refractivity contribution in [1.29, 1.82) is 0 Å². The summed E-state index contributed by atoms with van der Waals surface area (Å²) < 4.78 is 18.6. The number of rotatable bonds is 6. The predicted molar refractivity (Wildman–Crippen MR) is 104 cm³/mol. The Morgan fingerprint density at radius 1 is 0.926 bits per heavy atom. The molecule has 3 nitrogen and oxygen atoms in total. The van der Waals surface area contributed by atoms with Gasteiger partial charge in [-0.1, -0.05) is 42.0 Å². The first-order valence-corrected chi connectivity index (χ1v) is 8.83. The quantitative estimate of drug-likeness (QED) is 0.673. The zero-order valence-corrected chi connectivity index (χ0v) is 15.5. The molecule has 1 N–H and O–H groups in total. The Balaban J connectivity index is 1.52. The van der Waals surface area contributed by atoms with Crippen molar-refractivity contribution in [2.45, 2.75) is 27.0 Å². The van der Waals surface area contributed by atoms with E-state index in [1.54, 1.807) is 12.1 Å². The number of benzene rings is 3. The molecule has 3 aromatic rings.